The summed E-state index contributed by atoms with van der Waals surface area (Å²) in [6.45, 7) is 5.74. The topological polar surface area (TPSA) is 41.6 Å². The van der Waals surface area contributed by atoms with Gasteiger partial charge in [-0.15, -0.1) is 0 Å². The summed E-state index contributed by atoms with van der Waals surface area (Å²) in [6.07, 6.45) is 9.51. The molecule has 0 unspecified atom stereocenters. The molecule has 0 N–H and O–H groups in total. The standard InChI is InChI=1S/C31H36Cl2N6S/c32-27-7-4-8-28(33)26(27)19-34-39-29(31-16-23-13-24(17-31)15-25(14-23)18-31)35-38(30(39)40)21-37-11-9-36(10-12-37)20-22-5-2-1-3-6-22/h1-8,19,23-25H,9-18,20-21H2/b34-19+. The van der Waals surface area contributed by atoms with Crippen LogP contribution in [0, 0.1) is 22.5 Å². The second-order valence-corrected chi connectivity index (χ2v) is 13.7. The van der Waals surface area contributed by atoms with Crippen molar-refractivity contribution in [2.24, 2.45) is 22.9 Å². The van der Waals surface area contributed by atoms with Crippen LogP contribution in [0.25, 0.3) is 0 Å². The number of hydrogen-bond acceptors (Lipinski definition) is 5. The number of nitrogens with zero attached hydrogens (tertiary/aromatic N) is 6. The van der Waals surface area contributed by atoms with E-state index in [0.717, 1.165) is 56.3 Å². The van der Waals surface area contributed by atoms with Gasteiger partial charge in [0.2, 0.25) is 4.77 Å². The van der Waals surface area contributed by atoms with Gasteiger partial charge in [-0.25, -0.2) is 4.68 Å². The van der Waals surface area contributed by atoms with Crippen LogP contribution in [0.4, 0.5) is 0 Å². The highest BCUT2D eigenvalue weighted by atomic mass is 35.5. The lowest BCUT2D eigenvalue weighted by Crippen LogP contribution is -2.49. The Kier molecular flexibility index (Phi) is 7.38. The normalized spacial score (nSPS) is 28.6. The van der Waals surface area contributed by atoms with E-state index in [4.69, 9.17) is 45.6 Å². The van der Waals surface area contributed by atoms with Crippen molar-refractivity contribution in [3.8, 4) is 0 Å². The number of benzene rings is 2. The summed E-state index contributed by atoms with van der Waals surface area (Å²) in [6, 6.07) is 16.3. The van der Waals surface area contributed by atoms with E-state index in [-0.39, 0.29) is 5.41 Å². The Morgan fingerprint density at radius 3 is 2.08 bits per heavy atom. The zero-order valence-corrected chi connectivity index (χ0v) is 25.1. The van der Waals surface area contributed by atoms with Crippen molar-refractivity contribution in [3.63, 3.8) is 0 Å². The van der Waals surface area contributed by atoms with Crippen molar-refractivity contribution >= 4 is 41.6 Å². The number of piperazine rings is 1. The first-order valence-electron chi connectivity index (χ1n) is 14.6. The minimum Gasteiger partial charge on any atom is -0.297 e. The Hall–Kier alpha value is -2.03. The molecule has 5 aliphatic rings. The van der Waals surface area contributed by atoms with Crippen LogP contribution in [-0.4, -0.2) is 56.7 Å². The van der Waals surface area contributed by atoms with Gasteiger partial charge in [-0.1, -0.05) is 59.6 Å². The predicted octanol–water partition coefficient (Wildman–Crippen LogP) is 6.85. The molecule has 0 radical (unpaired) electrons. The molecule has 0 atom stereocenters. The van der Waals surface area contributed by atoms with E-state index >= 15 is 0 Å². The van der Waals surface area contributed by atoms with Crippen LogP contribution in [0.2, 0.25) is 10.0 Å². The Morgan fingerprint density at radius 1 is 0.850 bits per heavy atom. The molecular formula is C31H36Cl2N6S. The first-order valence-corrected chi connectivity index (χ1v) is 15.8. The molecule has 1 aromatic heterocycles. The smallest absolute Gasteiger partial charge is 0.220 e. The van der Waals surface area contributed by atoms with Gasteiger partial charge in [-0.05, 0) is 86.2 Å². The van der Waals surface area contributed by atoms with Gasteiger partial charge in [0.1, 0.15) is 0 Å². The van der Waals surface area contributed by atoms with Gasteiger partial charge >= 0.3 is 0 Å². The molecule has 40 heavy (non-hydrogen) atoms. The van der Waals surface area contributed by atoms with E-state index in [9.17, 15) is 0 Å². The van der Waals surface area contributed by atoms with Gasteiger partial charge in [0, 0.05) is 43.7 Å². The molecule has 4 aliphatic carbocycles. The van der Waals surface area contributed by atoms with Gasteiger partial charge in [-0.3, -0.25) is 9.80 Å². The van der Waals surface area contributed by atoms with Crippen LogP contribution in [0.3, 0.4) is 0 Å². The van der Waals surface area contributed by atoms with Crippen molar-refractivity contribution in [2.75, 3.05) is 26.2 Å². The molecule has 4 bridgehead atoms. The van der Waals surface area contributed by atoms with Crippen molar-refractivity contribution in [1.82, 2.24) is 24.3 Å². The maximum Gasteiger partial charge on any atom is 0.220 e. The molecule has 0 amide bonds. The van der Waals surface area contributed by atoms with E-state index in [1.165, 1.54) is 44.1 Å². The molecule has 8 rings (SSSR count). The Morgan fingerprint density at radius 2 is 1.45 bits per heavy atom. The Balaban J connectivity index is 1.16. The lowest BCUT2D eigenvalue weighted by molar-refractivity contribution is -0.0112. The van der Waals surface area contributed by atoms with E-state index in [1.807, 2.05) is 27.6 Å². The molecule has 0 spiro atoms. The fourth-order valence-corrected chi connectivity index (χ4v) is 8.91. The molecule has 1 saturated heterocycles. The van der Waals surface area contributed by atoms with Gasteiger partial charge in [0.15, 0.2) is 5.82 Å². The van der Waals surface area contributed by atoms with E-state index in [1.54, 1.807) is 6.21 Å². The van der Waals surface area contributed by atoms with Crippen molar-refractivity contribution in [3.05, 3.63) is 80.3 Å². The highest BCUT2D eigenvalue weighted by Crippen LogP contribution is 2.60. The number of halogens is 2. The Bertz CT molecular complexity index is 1400. The summed E-state index contributed by atoms with van der Waals surface area (Å²) in [5, 5.41) is 11.4. The molecular weight excluding hydrogens is 559 g/mol. The van der Waals surface area contributed by atoms with Gasteiger partial charge in [0.05, 0.1) is 22.9 Å². The van der Waals surface area contributed by atoms with Crippen LogP contribution < -0.4 is 0 Å². The molecule has 6 nitrogen and oxygen atoms in total. The number of hydrogen-bond donors (Lipinski definition) is 0. The maximum atomic E-state index is 6.49. The molecule has 3 aromatic rings. The quantitative estimate of drug-likeness (QED) is 0.222. The average molecular weight is 596 g/mol. The third-order valence-corrected chi connectivity index (χ3v) is 10.7. The number of aromatic nitrogens is 3. The Labute approximate surface area is 251 Å². The van der Waals surface area contributed by atoms with E-state index in [2.05, 4.69) is 40.1 Å². The minimum atomic E-state index is 0.0591. The molecule has 1 aliphatic heterocycles. The average Bonchev–Trinajstić information content (AvgIpc) is 3.25. The highest BCUT2D eigenvalue weighted by molar-refractivity contribution is 7.71. The lowest BCUT2D eigenvalue weighted by atomic mass is 9.49. The summed E-state index contributed by atoms with van der Waals surface area (Å²) in [7, 11) is 0. The summed E-state index contributed by atoms with van der Waals surface area (Å²) in [5.41, 5.74) is 2.14. The fraction of sp³-hybridized carbons (Fsp3) is 0.516. The monoisotopic (exact) mass is 594 g/mol. The minimum absolute atomic E-state index is 0.0591. The maximum absolute atomic E-state index is 6.49. The molecule has 2 heterocycles. The van der Waals surface area contributed by atoms with E-state index in [0.29, 0.717) is 27.0 Å². The van der Waals surface area contributed by atoms with Crippen molar-refractivity contribution in [2.45, 2.75) is 57.2 Å². The van der Waals surface area contributed by atoms with Gasteiger partial charge in [-0.2, -0.15) is 14.9 Å². The highest BCUT2D eigenvalue weighted by Gasteiger charge is 2.54. The van der Waals surface area contributed by atoms with Crippen molar-refractivity contribution < 1.29 is 0 Å². The summed E-state index contributed by atoms with van der Waals surface area (Å²) >= 11 is 19.0. The van der Waals surface area contributed by atoms with Crippen LogP contribution in [0.15, 0.2) is 53.6 Å². The zero-order chi connectivity index (χ0) is 27.3. The predicted molar refractivity (Wildman–Crippen MR) is 164 cm³/mol. The second-order valence-electron chi connectivity index (χ2n) is 12.5. The van der Waals surface area contributed by atoms with E-state index < -0.39 is 0 Å². The zero-order valence-electron chi connectivity index (χ0n) is 22.8. The lowest BCUT2D eigenvalue weighted by Gasteiger charge is -2.55. The third kappa shape index (κ3) is 5.20. The molecule has 9 heteroatoms. The largest absolute Gasteiger partial charge is 0.297 e. The molecule has 210 valence electrons. The molecule has 5 fully saturated rings. The SMILES string of the molecule is S=c1n(CN2CCN(Cc3ccccc3)CC2)nc(C23CC4CC(CC(C4)C2)C3)n1/N=C/c1c(Cl)cccc1Cl. The second kappa shape index (κ2) is 11.0. The summed E-state index contributed by atoms with van der Waals surface area (Å²) in [4.78, 5) is 4.99. The summed E-state index contributed by atoms with van der Waals surface area (Å²) in [5.74, 6) is 3.45. The fourth-order valence-electron chi connectivity index (χ4n) is 8.18. The van der Waals surface area contributed by atoms with Gasteiger partial charge < -0.3 is 0 Å². The van der Waals surface area contributed by atoms with Crippen molar-refractivity contribution in [1.29, 1.82) is 0 Å². The molecule has 4 saturated carbocycles. The first-order chi connectivity index (χ1) is 19.5. The van der Waals surface area contributed by atoms with Crippen LogP contribution in [-0.2, 0) is 18.6 Å². The van der Waals surface area contributed by atoms with Gasteiger partial charge in [0.25, 0.3) is 0 Å². The van der Waals surface area contributed by atoms with Crippen LogP contribution >= 0.6 is 35.4 Å². The molecule has 2 aromatic carbocycles. The first kappa shape index (κ1) is 26.8. The number of rotatable bonds is 7. The van der Waals surface area contributed by atoms with Crippen LogP contribution in [0.5, 0.6) is 0 Å². The third-order valence-electron chi connectivity index (χ3n) is 9.68. The summed E-state index contributed by atoms with van der Waals surface area (Å²) < 4.78 is 4.60. The van der Waals surface area contributed by atoms with Crippen LogP contribution in [0.1, 0.15) is 55.5 Å².